The maximum Gasteiger partial charge on any atom is 0.257 e. The normalized spacial score (nSPS) is 11.7. The first-order valence-electron chi connectivity index (χ1n) is 7.17. The number of para-hydroxylation sites is 1. The molecule has 1 unspecified atom stereocenters. The molecule has 2 aromatic rings. The third-order valence-corrected chi connectivity index (χ3v) is 3.43. The van der Waals surface area contributed by atoms with Crippen molar-refractivity contribution < 1.29 is 9.53 Å². The first-order chi connectivity index (χ1) is 10.2. The molecule has 0 heterocycles. The average molecular weight is 283 g/mol. The third kappa shape index (κ3) is 4.63. The van der Waals surface area contributed by atoms with E-state index in [2.05, 4.69) is 24.4 Å². The van der Waals surface area contributed by atoms with E-state index in [-0.39, 0.29) is 18.4 Å². The zero-order valence-electron chi connectivity index (χ0n) is 12.5. The topological polar surface area (TPSA) is 38.3 Å². The van der Waals surface area contributed by atoms with E-state index in [9.17, 15) is 4.79 Å². The molecule has 2 rings (SSSR count). The Hall–Kier alpha value is -2.29. The van der Waals surface area contributed by atoms with Crippen molar-refractivity contribution in [2.24, 2.45) is 0 Å². The first kappa shape index (κ1) is 15.1. The molecule has 0 saturated carbocycles. The van der Waals surface area contributed by atoms with Crippen molar-refractivity contribution in [2.45, 2.75) is 19.8 Å². The molecule has 0 aliphatic heterocycles. The van der Waals surface area contributed by atoms with E-state index in [1.165, 1.54) is 5.56 Å². The van der Waals surface area contributed by atoms with Gasteiger partial charge in [0.15, 0.2) is 6.61 Å². The molecule has 0 bridgehead atoms. The molecular formula is C18H21NO2. The minimum Gasteiger partial charge on any atom is -0.484 e. The highest BCUT2D eigenvalue weighted by molar-refractivity contribution is 5.77. The van der Waals surface area contributed by atoms with Crippen LogP contribution in [0.15, 0.2) is 54.6 Å². The van der Waals surface area contributed by atoms with Gasteiger partial charge in [0.2, 0.25) is 0 Å². The molecule has 1 atom stereocenters. The Morgan fingerprint density at radius 2 is 1.76 bits per heavy atom. The number of carbonyl (C=O) groups excluding carboxylic acids is 1. The summed E-state index contributed by atoms with van der Waals surface area (Å²) in [5.74, 6) is 0.943. The molecule has 0 aromatic heterocycles. The van der Waals surface area contributed by atoms with E-state index >= 15 is 0 Å². The summed E-state index contributed by atoms with van der Waals surface area (Å²) in [6.45, 7) is 4.72. The Kier molecular flexibility index (Phi) is 5.38. The molecule has 2 aromatic carbocycles. The van der Waals surface area contributed by atoms with Crippen LogP contribution in [0.4, 0.5) is 0 Å². The number of carbonyl (C=O) groups is 1. The van der Waals surface area contributed by atoms with Crippen LogP contribution in [0, 0.1) is 6.92 Å². The van der Waals surface area contributed by atoms with Gasteiger partial charge in [0.05, 0.1) is 0 Å². The summed E-state index contributed by atoms with van der Waals surface area (Å²) in [7, 11) is 0. The Balaban J connectivity index is 1.76. The van der Waals surface area contributed by atoms with Crippen molar-refractivity contribution in [3.05, 3.63) is 65.7 Å². The fourth-order valence-corrected chi connectivity index (χ4v) is 2.08. The van der Waals surface area contributed by atoms with E-state index in [0.717, 1.165) is 11.3 Å². The van der Waals surface area contributed by atoms with Gasteiger partial charge in [-0.05, 0) is 30.0 Å². The summed E-state index contributed by atoms with van der Waals surface area (Å²) in [6, 6.07) is 17.8. The smallest absolute Gasteiger partial charge is 0.257 e. The second kappa shape index (κ2) is 7.48. The molecule has 21 heavy (non-hydrogen) atoms. The van der Waals surface area contributed by atoms with Crippen molar-refractivity contribution in [3.8, 4) is 5.75 Å². The fraction of sp³-hybridized carbons (Fsp3) is 0.278. The Morgan fingerprint density at radius 1 is 1.10 bits per heavy atom. The Labute approximate surface area is 126 Å². The van der Waals surface area contributed by atoms with Crippen molar-refractivity contribution in [3.63, 3.8) is 0 Å². The lowest BCUT2D eigenvalue weighted by atomic mass is 10.0. The van der Waals surface area contributed by atoms with Gasteiger partial charge in [-0.2, -0.15) is 0 Å². The average Bonchev–Trinajstić information content (AvgIpc) is 2.52. The maximum atomic E-state index is 11.8. The number of amides is 1. The lowest BCUT2D eigenvalue weighted by Crippen LogP contribution is -2.31. The highest BCUT2D eigenvalue weighted by Crippen LogP contribution is 2.16. The van der Waals surface area contributed by atoms with E-state index in [1.54, 1.807) is 0 Å². The number of hydrogen-bond donors (Lipinski definition) is 1. The van der Waals surface area contributed by atoms with Crippen molar-refractivity contribution >= 4 is 5.91 Å². The Bertz CT molecular complexity index is 581. The minimum atomic E-state index is -0.0963. The second-order valence-corrected chi connectivity index (χ2v) is 5.17. The van der Waals surface area contributed by atoms with E-state index in [1.807, 2.05) is 49.4 Å². The third-order valence-electron chi connectivity index (χ3n) is 3.43. The highest BCUT2D eigenvalue weighted by atomic mass is 16.5. The molecule has 0 aliphatic carbocycles. The predicted octanol–water partition coefficient (Wildman–Crippen LogP) is 3.29. The molecule has 0 fully saturated rings. The van der Waals surface area contributed by atoms with Gasteiger partial charge in [-0.25, -0.2) is 0 Å². The number of benzene rings is 2. The number of aryl methyl sites for hydroxylation is 1. The molecule has 0 spiro atoms. The molecule has 1 amide bonds. The van der Waals surface area contributed by atoms with Gasteiger partial charge in [-0.3, -0.25) is 4.79 Å². The lowest BCUT2D eigenvalue weighted by Gasteiger charge is -2.14. The zero-order valence-corrected chi connectivity index (χ0v) is 12.5. The van der Waals surface area contributed by atoms with Gasteiger partial charge < -0.3 is 10.1 Å². The standard InChI is InChI=1S/C18H21NO2/c1-14-8-6-7-11-17(14)21-13-18(20)19-12-15(2)16-9-4-3-5-10-16/h3-11,15H,12-13H2,1-2H3,(H,19,20). The maximum absolute atomic E-state index is 11.8. The van der Waals surface area contributed by atoms with Crippen LogP contribution in [0.2, 0.25) is 0 Å². The largest absolute Gasteiger partial charge is 0.484 e. The van der Waals surface area contributed by atoms with E-state index < -0.39 is 0 Å². The van der Waals surface area contributed by atoms with Crippen LogP contribution in [0.3, 0.4) is 0 Å². The summed E-state index contributed by atoms with van der Waals surface area (Å²) < 4.78 is 5.52. The summed E-state index contributed by atoms with van der Waals surface area (Å²) in [6.07, 6.45) is 0. The van der Waals surface area contributed by atoms with Gasteiger partial charge in [-0.1, -0.05) is 55.5 Å². The molecule has 0 saturated heterocycles. The van der Waals surface area contributed by atoms with Gasteiger partial charge in [0.25, 0.3) is 5.91 Å². The predicted molar refractivity (Wildman–Crippen MR) is 84.5 cm³/mol. The van der Waals surface area contributed by atoms with Crippen molar-refractivity contribution in [1.29, 1.82) is 0 Å². The molecule has 110 valence electrons. The number of hydrogen-bond acceptors (Lipinski definition) is 2. The van der Waals surface area contributed by atoms with Crippen LogP contribution in [0.25, 0.3) is 0 Å². The van der Waals surface area contributed by atoms with E-state index in [0.29, 0.717) is 6.54 Å². The summed E-state index contributed by atoms with van der Waals surface area (Å²) in [5, 5.41) is 2.91. The van der Waals surface area contributed by atoms with Gasteiger partial charge in [-0.15, -0.1) is 0 Å². The SMILES string of the molecule is Cc1ccccc1OCC(=O)NCC(C)c1ccccc1. The van der Waals surface area contributed by atoms with Crippen LogP contribution in [-0.2, 0) is 4.79 Å². The summed E-state index contributed by atoms with van der Waals surface area (Å²) in [4.78, 5) is 11.8. The molecule has 0 radical (unpaired) electrons. The number of rotatable bonds is 6. The Morgan fingerprint density at radius 3 is 2.48 bits per heavy atom. The zero-order chi connectivity index (χ0) is 15.1. The fourth-order valence-electron chi connectivity index (χ4n) is 2.08. The van der Waals surface area contributed by atoms with E-state index in [4.69, 9.17) is 4.74 Å². The summed E-state index contributed by atoms with van der Waals surface area (Å²) >= 11 is 0. The van der Waals surface area contributed by atoms with Gasteiger partial charge in [0.1, 0.15) is 5.75 Å². The monoisotopic (exact) mass is 283 g/mol. The van der Waals surface area contributed by atoms with Crippen LogP contribution in [0.5, 0.6) is 5.75 Å². The van der Waals surface area contributed by atoms with Crippen LogP contribution in [0.1, 0.15) is 24.0 Å². The van der Waals surface area contributed by atoms with Gasteiger partial charge >= 0.3 is 0 Å². The quantitative estimate of drug-likeness (QED) is 0.883. The molecule has 3 nitrogen and oxygen atoms in total. The van der Waals surface area contributed by atoms with Crippen LogP contribution < -0.4 is 10.1 Å². The van der Waals surface area contributed by atoms with Crippen LogP contribution in [-0.4, -0.2) is 19.1 Å². The number of ether oxygens (including phenoxy) is 1. The summed E-state index contributed by atoms with van der Waals surface area (Å²) in [5.41, 5.74) is 2.25. The highest BCUT2D eigenvalue weighted by Gasteiger charge is 2.08. The molecule has 1 N–H and O–H groups in total. The van der Waals surface area contributed by atoms with Crippen molar-refractivity contribution in [1.82, 2.24) is 5.32 Å². The van der Waals surface area contributed by atoms with Crippen LogP contribution >= 0.6 is 0 Å². The number of nitrogens with one attached hydrogen (secondary N) is 1. The molecule has 0 aliphatic rings. The molecular weight excluding hydrogens is 262 g/mol. The van der Waals surface area contributed by atoms with Crippen molar-refractivity contribution in [2.75, 3.05) is 13.2 Å². The molecule has 3 heteroatoms. The lowest BCUT2D eigenvalue weighted by molar-refractivity contribution is -0.123. The second-order valence-electron chi connectivity index (χ2n) is 5.17. The minimum absolute atomic E-state index is 0.0480. The van der Waals surface area contributed by atoms with Gasteiger partial charge in [0, 0.05) is 6.54 Å². The first-order valence-corrected chi connectivity index (χ1v) is 7.17.